The Labute approximate surface area is 182 Å². The van der Waals surface area contributed by atoms with Crippen molar-refractivity contribution in [2.24, 2.45) is 0 Å². The fourth-order valence-electron chi connectivity index (χ4n) is 3.42. The lowest BCUT2D eigenvalue weighted by Gasteiger charge is -2.15. The zero-order valence-electron chi connectivity index (χ0n) is 16.6. The number of benzene rings is 2. The van der Waals surface area contributed by atoms with Gasteiger partial charge in [-0.05, 0) is 43.7 Å². The summed E-state index contributed by atoms with van der Waals surface area (Å²) in [6.45, 7) is 5.77. The molecule has 0 spiro atoms. The van der Waals surface area contributed by atoms with Crippen LogP contribution in [-0.2, 0) is 11.3 Å². The summed E-state index contributed by atoms with van der Waals surface area (Å²) in [4.78, 5) is 19.1. The average Bonchev–Trinajstić information content (AvgIpc) is 3.41. The number of fused-ring (bicyclic) bond motifs is 2. The summed E-state index contributed by atoms with van der Waals surface area (Å²) in [6.07, 6.45) is 0. The van der Waals surface area contributed by atoms with E-state index < -0.39 is 0 Å². The van der Waals surface area contributed by atoms with Crippen molar-refractivity contribution in [3.63, 3.8) is 0 Å². The minimum Gasteiger partial charge on any atom is -0.309 e. The molecule has 7 nitrogen and oxygen atoms in total. The first-order valence-corrected chi connectivity index (χ1v) is 11.4. The molecule has 30 heavy (non-hydrogen) atoms. The van der Waals surface area contributed by atoms with Gasteiger partial charge in [0.15, 0.2) is 10.3 Å². The second kappa shape index (κ2) is 7.73. The van der Waals surface area contributed by atoms with Gasteiger partial charge in [0, 0.05) is 18.8 Å². The maximum Gasteiger partial charge on any atom is 0.236 e. The van der Waals surface area contributed by atoms with Crippen LogP contribution in [-0.4, -0.2) is 38.0 Å². The van der Waals surface area contributed by atoms with Gasteiger partial charge in [0.25, 0.3) is 0 Å². The summed E-state index contributed by atoms with van der Waals surface area (Å²) in [5.41, 5.74) is 4.41. The Morgan fingerprint density at radius 2 is 1.90 bits per heavy atom. The van der Waals surface area contributed by atoms with E-state index in [1.807, 2.05) is 19.1 Å². The number of anilines is 3. The van der Waals surface area contributed by atoms with E-state index >= 15 is 0 Å². The number of hydrogen-bond donors (Lipinski definition) is 1. The molecule has 2 aromatic carbocycles. The highest BCUT2D eigenvalue weighted by molar-refractivity contribution is 7.99. The molecule has 0 bridgehead atoms. The van der Waals surface area contributed by atoms with Crippen LogP contribution in [0.1, 0.15) is 11.1 Å². The minimum atomic E-state index is -0.0958. The smallest absolute Gasteiger partial charge is 0.236 e. The summed E-state index contributed by atoms with van der Waals surface area (Å²) in [6, 6.07) is 14.5. The summed E-state index contributed by atoms with van der Waals surface area (Å²) in [5, 5.41) is 12.9. The predicted octanol–water partition coefficient (Wildman–Crippen LogP) is 4.39. The fraction of sp³-hybridized carbons (Fsp3) is 0.238. The lowest BCUT2D eigenvalue weighted by atomic mass is 10.2. The first kappa shape index (κ1) is 19.1. The van der Waals surface area contributed by atoms with Crippen molar-refractivity contribution in [2.75, 3.05) is 22.5 Å². The molecule has 1 N–H and O–H groups in total. The summed E-state index contributed by atoms with van der Waals surface area (Å²) < 4.78 is 3.14. The molecule has 9 heteroatoms. The van der Waals surface area contributed by atoms with Gasteiger partial charge in [0.05, 0.1) is 16.0 Å². The second-order valence-corrected chi connectivity index (χ2v) is 9.22. The van der Waals surface area contributed by atoms with Crippen molar-refractivity contribution in [3.8, 4) is 0 Å². The van der Waals surface area contributed by atoms with Gasteiger partial charge >= 0.3 is 0 Å². The van der Waals surface area contributed by atoms with E-state index in [1.54, 1.807) is 0 Å². The number of carbonyl (C=O) groups is 1. The third kappa shape index (κ3) is 3.66. The van der Waals surface area contributed by atoms with Gasteiger partial charge in [0.2, 0.25) is 11.9 Å². The quantitative estimate of drug-likeness (QED) is 0.468. The Hall–Kier alpha value is -2.91. The third-order valence-electron chi connectivity index (χ3n) is 4.95. The molecule has 4 aromatic rings. The van der Waals surface area contributed by atoms with Crippen LogP contribution in [0.5, 0.6) is 0 Å². The lowest BCUT2D eigenvalue weighted by Crippen LogP contribution is -2.14. The molecule has 3 heterocycles. The molecular weight excluding hydrogens is 416 g/mol. The third-order valence-corrected chi connectivity index (χ3v) is 6.85. The Balaban J connectivity index is 1.24. The molecule has 5 rings (SSSR count). The van der Waals surface area contributed by atoms with Crippen LogP contribution < -0.4 is 10.2 Å². The highest BCUT2D eigenvalue weighted by atomic mass is 32.2. The van der Waals surface area contributed by atoms with Crippen molar-refractivity contribution in [1.82, 2.24) is 19.7 Å². The SMILES string of the molecule is Cc1ccc(N2CCn3c(SCC(=O)Nc4nc5ccc(C)cc5s4)nnc32)cc1. The standard InChI is InChI=1S/C21H20N6OS2/c1-13-3-6-15(7-4-13)26-9-10-27-20(26)24-25-21(27)29-12-18(28)23-19-22-16-8-5-14(2)11-17(16)30-19/h3-8,11H,9-10,12H2,1-2H3,(H,22,23,28). The number of thioether (sulfide) groups is 1. The number of amides is 1. The number of aromatic nitrogens is 4. The van der Waals surface area contributed by atoms with Gasteiger partial charge in [-0.25, -0.2) is 4.98 Å². The van der Waals surface area contributed by atoms with Crippen LogP contribution in [0.3, 0.4) is 0 Å². The van der Waals surface area contributed by atoms with Gasteiger partial charge in [0.1, 0.15) is 0 Å². The largest absolute Gasteiger partial charge is 0.309 e. The van der Waals surface area contributed by atoms with Gasteiger partial charge < -0.3 is 10.2 Å². The second-order valence-electron chi connectivity index (χ2n) is 7.25. The van der Waals surface area contributed by atoms with E-state index in [1.165, 1.54) is 34.2 Å². The van der Waals surface area contributed by atoms with E-state index in [2.05, 4.69) is 67.2 Å². The molecule has 152 valence electrons. The molecule has 1 aliphatic heterocycles. The van der Waals surface area contributed by atoms with Crippen LogP contribution in [0, 0.1) is 13.8 Å². The normalized spacial score (nSPS) is 13.1. The highest BCUT2D eigenvalue weighted by Gasteiger charge is 2.26. The Morgan fingerprint density at radius 3 is 2.73 bits per heavy atom. The number of nitrogens with zero attached hydrogens (tertiary/aromatic N) is 5. The number of rotatable bonds is 5. The van der Waals surface area contributed by atoms with Crippen LogP contribution >= 0.6 is 23.1 Å². The van der Waals surface area contributed by atoms with E-state index in [4.69, 9.17) is 0 Å². The number of aryl methyl sites for hydroxylation is 2. The molecule has 0 atom stereocenters. The molecule has 0 saturated carbocycles. The first-order chi connectivity index (χ1) is 14.6. The van der Waals surface area contributed by atoms with Crippen molar-refractivity contribution in [2.45, 2.75) is 25.5 Å². The topological polar surface area (TPSA) is 75.9 Å². The van der Waals surface area contributed by atoms with Crippen LogP contribution in [0.25, 0.3) is 10.2 Å². The van der Waals surface area contributed by atoms with Crippen molar-refractivity contribution in [3.05, 3.63) is 53.6 Å². The Bertz CT molecular complexity index is 1230. The molecule has 0 fully saturated rings. The summed E-state index contributed by atoms with van der Waals surface area (Å²) in [5.74, 6) is 0.988. The van der Waals surface area contributed by atoms with Crippen LogP contribution in [0.4, 0.5) is 16.8 Å². The lowest BCUT2D eigenvalue weighted by molar-refractivity contribution is -0.113. The zero-order valence-corrected chi connectivity index (χ0v) is 18.3. The monoisotopic (exact) mass is 436 g/mol. The molecule has 0 saturated heterocycles. The highest BCUT2D eigenvalue weighted by Crippen LogP contribution is 2.32. The predicted molar refractivity (Wildman–Crippen MR) is 122 cm³/mol. The minimum absolute atomic E-state index is 0.0958. The van der Waals surface area contributed by atoms with Gasteiger partial charge in [-0.3, -0.25) is 9.36 Å². The summed E-state index contributed by atoms with van der Waals surface area (Å²) >= 11 is 2.89. The number of hydrogen-bond acceptors (Lipinski definition) is 7. The number of thiazole rings is 1. The summed E-state index contributed by atoms with van der Waals surface area (Å²) in [7, 11) is 0. The molecule has 0 unspecified atom stereocenters. The van der Waals surface area contributed by atoms with Gasteiger partial charge in [-0.1, -0.05) is 46.9 Å². The van der Waals surface area contributed by atoms with Crippen molar-refractivity contribution < 1.29 is 4.79 Å². The maximum atomic E-state index is 12.4. The Kier molecular flexibility index (Phi) is 4.92. The molecule has 0 aliphatic carbocycles. The maximum absolute atomic E-state index is 12.4. The molecule has 1 amide bonds. The van der Waals surface area contributed by atoms with Crippen LogP contribution in [0.15, 0.2) is 47.6 Å². The van der Waals surface area contributed by atoms with Gasteiger partial charge in [-0.2, -0.15) is 0 Å². The van der Waals surface area contributed by atoms with Gasteiger partial charge in [-0.15, -0.1) is 10.2 Å². The molecule has 0 radical (unpaired) electrons. The fourth-order valence-corrected chi connectivity index (χ4v) is 5.16. The van der Waals surface area contributed by atoms with Crippen molar-refractivity contribution in [1.29, 1.82) is 0 Å². The van der Waals surface area contributed by atoms with E-state index in [9.17, 15) is 4.79 Å². The van der Waals surface area contributed by atoms with E-state index in [-0.39, 0.29) is 11.7 Å². The number of carbonyl (C=O) groups excluding carboxylic acids is 1. The first-order valence-electron chi connectivity index (χ1n) is 9.64. The molecule has 2 aromatic heterocycles. The Morgan fingerprint density at radius 1 is 1.10 bits per heavy atom. The van der Waals surface area contributed by atoms with E-state index in [0.29, 0.717) is 5.13 Å². The van der Waals surface area contributed by atoms with Crippen molar-refractivity contribution >= 4 is 56.0 Å². The molecular formula is C21H20N6OS2. The molecule has 1 aliphatic rings. The van der Waals surface area contributed by atoms with Crippen LogP contribution in [0.2, 0.25) is 0 Å². The average molecular weight is 437 g/mol. The van der Waals surface area contributed by atoms with E-state index in [0.717, 1.165) is 40.1 Å². The number of nitrogens with one attached hydrogen (secondary N) is 1. The zero-order chi connectivity index (χ0) is 20.7.